The van der Waals surface area contributed by atoms with E-state index in [1.54, 1.807) is 7.11 Å². The van der Waals surface area contributed by atoms with Gasteiger partial charge in [0.15, 0.2) is 0 Å². The summed E-state index contributed by atoms with van der Waals surface area (Å²) < 4.78 is 13.2. The Morgan fingerprint density at radius 2 is 2.04 bits per heavy atom. The monoisotopic (exact) mass is 471 g/mol. The number of hydrogen-bond donors (Lipinski definition) is 0. The third-order valence-corrected chi connectivity index (χ3v) is 6.45. The molecule has 5 heteroatoms. The normalized spacial score (nSPS) is 31.3. The molecule has 2 heterocycles. The molecule has 0 N–H and O–H groups in total. The fourth-order valence-corrected chi connectivity index (χ4v) is 5.16. The summed E-state index contributed by atoms with van der Waals surface area (Å²) in [5.74, 6) is 0.647. The Morgan fingerprint density at radius 3 is 2.73 bits per heavy atom. The molecule has 1 aromatic carbocycles. The van der Waals surface area contributed by atoms with Gasteiger partial charge in [-0.15, -0.1) is 0 Å². The number of piperidine rings is 1. The number of unbranched alkanes of at least 4 members (excludes halogenated alkanes) is 2. The first kappa shape index (κ1) is 20.1. The van der Waals surface area contributed by atoms with Crippen LogP contribution in [0.25, 0.3) is 0 Å². The molecule has 2 aliphatic rings. The Morgan fingerprint density at radius 1 is 1.27 bits per heavy atom. The van der Waals surface area contributed by atoms with E-state index in [-0.39, 0.29) is 18.1 Å². The molecule has 2 fully saturated rings. The largest absolute Gasteiger partial charge is 0.382 e. The number of alkyl halides is 1. The lowest BCUT2D eigenvalue weighted by Gasteiger charge is -2.43. The van der Waals surface area contributed by atoms with Crippen molar-refractivity contribution >= 4 is 28.5 Å². The Hall–Kier alpha value is -0.660. The van der Waals surface area contributed by atoms with E-state index in [4.69, 9.17) is 9.47 Å². The molecule has 0 aliphatic carbocycles. The number of halogens is 1. The van der Waals surface area contributed by atoms with E-state index in [2.05, 4.69) is 41.6 Å². The number of carbonyl (C=O) groups is 1. The van der Waals surface area contributed by atoms with Crippen LogP contribution in [0, 0.1) is 5.92 Å². The number of benzene rings is 1. The number of ether oxygens (including phenoxy) is 2. The molecule has 3 rings (SSSR count). The molecule has 0 unspecified atom stereocenters. The molecule has 4 nitrogen and oxygen atoms in total. The van der Waals surface area contributed by atoms with Gasteiger partial charge < -0.3 is 14.4 Å². The summed E-state index contributed by atoms with van der Waals surface area (Å²) in [6.07, 6.45) is 6.31. The lowest BCUT2D eigenvalue weighted by atomic mass is 9.84. The summed E-state index contributed by atoms with van der Waals surface area (Å²) in [6, 6.07) is 10.2. The van der Waals surface area contributed by atoms with E-state index in [1.807, 2.05) is 23.1 Å². The van der Waals surface area contributed by atoms with E-state index >= 15 is 0 Å². The van der Waals surface area contributed by atoms with Crippen molar-refractivity contribution < 1.29 is 14.3 Å². The first-order valence-electron chi connectivity index (χ1n) is 9.69. The maximum Gasteiger partial charge on any atom is 0.225 e. The quantitative estimate of drug-likeness (QED) is 0.313. The Bertz CT molecular complexity index is 596. The van der Waals surface area contributed by atoms with Crippen molar-refractivity contribution in [2.45, 2.75) is 63.3 Å². The van der Waals surface area contributed by atoms with Gasteiger partial charge in [0.2, 0.25) is 5.91 Å². The molecule has 1 aromatic rings. The van der Waals surface area contributed by atoms with Crippen LogP contribution in [0.4, 0.5) is 0 Å². The van der Waals surface area contributed by atoms with Gasteiger partial charge in [0.05, 0.1) is 12.6 Å². The maximum atomic E-state index is 13.0. The van der Waals surface area contributed by atoms with E-state index in [9.17, 15) is 4.79 Å². The lowest BCUT2D eigenvalue weighted by molar-refractivity contribution is -0.166. The van der Waals surface area contributed by atoms with Crippen LogP contribution in [0.3, 0.4) is 0 Å². The summed E-state index contributed by atoms with van der Waals surface area (Å²) in [4.78, 5) is 15.0. The second-order valence-electron chi connectivity index (χ2n) is 7.72. The third-order valence-electron chi connectivity index (χ3n) is 5.68. The summed E-state index contributed by atoms with van der Waals surface area (Å²) in [6.45, 7) is 2.59. The second kappa shape index (κ2) is 9.02. The molecule has 4 atom stereocenters. The number of fused-ring (bicyclic) bond motifs is 1. The van der Waals surface area contributed by atoms with E-state index in [0.717, 1.165) is 18.4 Å². The summed E-state index contributed by atoms with van der Waals surface area (Å²) in [7, 11) is 1.70. The SMILES string of the molecule is COC[C@H]1[C@H](c2ccccc2)O[C@]2(C)C[C@H](CCCCCI)CC(=O)N12. The van der Waals surface area contributed by atoms with Gasteiger partial charge in [-0.3, -0.25) is 4.79 Å². The van der Waals surface area contributed by atoms with Gasteiger partial charge >= 0.3 is 0 Å². The van der Waals surface area contributed by atoms with Crippen LogP contribution in [-0.2, 0) is 14.3 Å². The van der Waals surface area contributed by atoms with E-state index in [0.29, 0.717) is 18.9 Å². The second-order valence-corrected chi connectivity index (χ2v) is 8.80. The van der Waals surface area contributed by atoms with Crippen molar-refractivity contribution in [3.63, 3.8) is 0 Å². The van der Waals surface area contributed by atoms with Crippen molar-refractivity contribution in [3.8, 4) is 0 Å². The van der Waals surface area contributed by atoms with Gasteiger partial charge in [-0.1, -0.05) is 65.8 Å². The smallest absolute Gasteiger partial charge is 0.225 e. The average molecular weight is 471 g/mol. The van der Waals surface area contributed by atoms with Crippen LogP contribution in [0.2, 0.25) is 0 Å². The molecular weight excluding hydrogens is 441 g/mol. The van der Waals surface area contributed by atoms with E-state index < -0.39 is 5.72 Å². The minimum absolute atomic E-state index is 0.0557. The molecule has 144 valence electrons. The Balaban J connectivity index is 1.76. The molecule has 0 saturated carbocycles. The minimum atomic E-state index is -0.521. The molecular formula is C21H30INO3. The van der Waals surface area contributed by atoms with Gasteiger partial charge in [0.25, 0.3) is 0 Å². The highest BCUT2D eigenvalue weighted by Gasteiger charge is 2.55. The van der Waals surface area contributed by atoms with Gasteiger partial charge in [0.1, 0.15) is 11.8 Å². The molecule has 2 saturated heterocycles. The van der Waals surface area contributed by atoms with Crippen molar-refractivity contribution in [1.29, 1.82) is 0 Å². The number of amides is 1. The highest BCUT2D eigenvalue weighted by atomic mass is 127. The van der Waals surface area contributed by atoms with Gasteiger partial charge in [0, 0.05) is 13.5 Å². The maximum absolute atomic E-state index is 13.0. The fraction of sp³-hybridized carbons (Fsp3) is 0.667. The van der Waals surface area contributed by atoms with Gasteiger partial charge in [-0.2, -0.15) is 0 Å². The predicted octanol–water partition coefficient (Wildman–Crippen LogP) is 4.72. The molecule has 2 aliphatic heterocycles. The van der Waals surface area contributed by atoms with Crippen molar-refractivity contribution in [1.82, 2.24) is 4.90 Å². The minimum Gasteiger partial charge on any atom is -0.382 e. The van der Waals surface area contributed by atoms with Gasteiger partial charge in [-0.05, 0) is 42.1 Å². The van der Waals surface area contributed by atoms with Crippen LogP contribution in [0.15, 0.2) is 30.3 Å². The summed E-state index contributed by atoms with van der Waals surface area (Å²) in [5, 5.41) is 0. The molecule has 0 bridgehead atoms. The van der Waals surface area contributed by atoms with Crippen molar-refractivity contribution in [2.24, 2.45) is 5.92 Å². The Kier molecular flexibility index (Phi) is 6.97. The number of hydrogen-bond acceptors (Lipinski definition) is 3. The number of rotatable bonds is 8. The average Bonchev–Trinajstić information content (AvgIpc) is 2.93. The predicted molar refractivity (Wildman–Crippen MR) is 111 cm³/mol. The number of methoxy groups -OCH3 is 1. The molecule has 26 heavy (non-hydrogen) atoms. The van der Waals surface area contributed by atoms with E-state index in [1.165, 1.54) is 23.7 Å². The first-order valence-corrected chi connectivity index (χ1v) is 11.2. The van der Waals surface area contributed by atoms with Crippen molar-refractivity contribution in [2.75, 3.05) is 18.1 Å². The Labute approximate surface area is 170 Å². The highest BCUT2D eigenvalue weighted by molar-refractivity contribution is 14.1. The third kappa shape index (κ3) is 4.25. The molecule has 0 spiro atoms. The van der Waals surface area contributed by atoms with Crippen molar-refractivity contribution in [3.05, 3.63) is 35.9 Å². The standard InChI is InChI=1S/C21H30INO3/c1-21-14-16(9-5-4-8-12-22)13-19(24)23(21)18(15-25-2)20(26-21)17-10-6-3-7-11-17/h3,6-7,10-11,16,18,20H,4-5,8-9,12-15H2,1-2H3/t16-,18+,20+,21-/m1/s1. The molecule has 0 aromatic heterocycles. The van der Waals surface area contributed by atoms with Gasteiger partial charge in [-0.25, -0.2) is 0 Å². The topological polar surface area (TPSA) is 38.8 Å². The zero-order valence-corrected chi connectivity index (χ0v) is 18.0. The van der Waals surface area contributed by atoms with Crippen LogP contribution < -0.4 is 0 Å². The van der Waals surface area contributed by atoms with Crippen LogP contribution in [-0.4, -0.2) is 40.7 Å². The summed E-state index contributed by atoms with van der Waals surface area (Å²) in [5.41, 5.74) is 0.601. The number of carbonyl (C=O) groups excluding carboxylic acids is 1. The fourth-order valence-electron chi connectivity index (χ4n) is 4.62. The first-order chi connectivity index (χ1) is 12.6. The number of nitrogens with zero attached hydrogens (tertiary/aromatic N) is 1. The lowest BCUT2D eigenvalue weighted by Crippen LogP contribution is -2.55. The zero-order chi connectivity index (χ0) is 18.6. The zero-order valence-electron chi connectivity index (χ0n) is 15.8. The molecule has 0 radical (unpaired) electrons. The van der Waals surface area contributed by atoms with Crippen LogP contribution in [0.5, 0.6) is 0 Å². The summed E-state index contributed by atoms with van der Waals surface area (Å²) >= 11 is 2.43. The van der Waals surface area contributed by atoms with Crippen LogP contribution in [0.1, 0.15) is 57.1 Å². The molecule has 1 amide bonds. The highest BCUT2D eigenvalue weighted by Crippen LogP contribution is 2.48. The van der Waals surface area contributed by atoms with Crippen LogP contribution >= 0.6 is 22.6 Å².